The first kappa shape index (κ1) is 19.5. The van der Waals surface area contributed by atoms with E-state index in [1.165, 1.54) is 6.07 Å². The van der Waals surface area contributed by atoms with E-state index in [1.54, 1.807) is 29.2 Å². The molecule has 0 saturated carbocycles. The molecule has 3 rings (SSSR count). The van der Waals surface area contributed by atoms with Gasteiger partial charge in [-0.05, 0) is 42.7 Å². The average molecular weight is 378 g/mol. The highest BCUT2D eigenvalue weighted by molar-refractivity contribution is 5.92. The molecular weight excluding hydrogens is 355 g/mol. The fourth-order valence-electron chi connectivity index (χ4n) is 2.86. The van der Waals surface area contributed by atoms with E-state index in [2.05, 4.69) is 15.5 Å². The fraction of sp³-hybridized carbons (Fsp3) is 0.227. The molecule has 1 amide bonds. The highest BCUT2D eigenvalue weighted by Gasteiger charge is 2.16. The standard InChI is InChI=1S/C22H23FN4O/c1-2-27(16-17-8-4-3-5-9-17)22(28)20-12-13-21(26-25-20)24-15-14-18-10-6-7-11-19(18)23/h3-13H,2,14-16H2,1H3,(H,24,26). The maximum atomic E-state index is 13.6. The number of amides is 1. The molecule has 0 radical (unpaired) electrons. The second kappa shape index (κ2) is 9.60. The number of rotatable bonds is 8. The summed E-state index contributed by atoms with van der Waals surface area (Å²) in [4.78, 5) is 14.4. The number of anilines is 1. The Kier molecular flexibility index (Phi) is 6.68. The Morgan fingerprint density at radius 1 is 1.00 bits per heavy atom. The molecule has 0 aliphatic heterocycles. The van der Waals surface area contributed by atoms with Crippen molar-refractivity contribution >= 4 is 11.7 Å². The summed E-state index contributed by atoms with van der Waals surface area (Å²) >= 11 is 0. The molecule has 1 N–H and O–H groups in total. The van der Waals surface area contributed by atoms with Crippen molar-refractivity contribution in [2.24, 2.45) is 0 Å². The molecule has 3 aromatic rings. The van der Waals surface area contributed by atoms with Crippen LogP contribution in [0.1, 0.15) is 28.5 Å². The molecule has 0 aliphatic carbocycles. The first-order valence-corrected chi connectivity index (χ1v) is 9.31. The molecule has 6 heteroatoms. The Morgan fingerprint density at radius 3 is 2.43 bits per heavy atom. The highest BCUT2D eigenvalue weighted by atomic mass is 19.1. The summed E-state index contributed by atoms with van der Waals surface area (Å²) < 4.78 is 13.6. The van der Waals surface area contributed by atoms with Crippen LogP contribution in [0.2, 0.25) is 0 Å². The molecule has 0 fully saturated rings. The van der Waals surface area contributed by atoms with E-state index in [0.717, 1.165) is 5.56 Å². The minimum atomic E-state index is -0.214. The first-order chi connectivity index (χ1) is 13.7. The van der Waals surface area contributed by atoms with Crippen LogP contribution < -0.4 is 5.32 Å². The van der Waals surface area contributed by atoms with Gasteiger partial charge in [-0.3, -0.25) is 4.79 Å². The lowest BCUT2D eigenvalue weighted by Crippen LogP contribution is -2.31. The van der Waals surface area contributed by atoms with Gasteiger partial charge in [-0.25, -0.2) is 4.39 Å². The molecule has 5 nitrogen and oxygen atoms in total. The van der Waals surface area contributed by atoms with Gasteiger partial charge in [0, 0.05) is 19.6 Å². The van der Waals surface area contributed by atoms with Crippen LogP contribution in [0, 0.1) is 5.82 Å². The van der Waals surface area contributed by atoms with Crippen molar-refractivity contribution in [2.45, 2.75) is 19.9 Å². The van der Waals surface area contributed by atoms with Gasteiger partial charge in [-0.15, -0.1) is 10.2 Å². The molecule has 0 saturated heterocycles. The van der Waals surface area contributed by atoms with Gasteiger partial charge in [0.1, 0.15) is 11.6 Å². The summed E-state index contributed by atoms with van der Waals surface area (Å²) in [7, 11) is 0. The molecule has 144 valence electrons. The van der Waals surface area contributed by atoms with Crippen LogP contribution in [0.15, 0.2) is 66.7 Å². The van der Waals surface area contributed by atoms with Crippen molar-refractivity contribution in [3.05, 3.63) is 89.4 Å². The molecule has 0 atom stereocenters. The number of aromatic nitrogens is 2. The third-order valence-electron chi connectivity index (χ3n) is 4.43. The number of benzene rings is 2. The van der Waals surface area contributed by atoms with Crippen molar-refractivity contribution in [2.75, 3.05) is 18.4 Å². The molecule has 1 heterocycles. The Hall–Kier alpha value is -3.28. The van der Waals surface area contributed by atoms with Gasteiger partial charge in [0.05, 0.1) is 0 Å². The molecule has 2 aromatic carbocycles. The Labute approximate surface area is 164 Å². The zero-order chi connectivity index (χ0) is 19.8. The van der Waals surface area contributed by atoms with Crippen LogP contribution >= 0.6 is 0 Å². The minimum absolute atomic E-state index is 0.156. The van der Waals surface area contributed by atoms with Crippen LogP contribution in [0.4, 0.5) is 10.2 Å². The topological polar surface area (TPSA) is 58.1 Å². The Balaban J connectivity index is 1.56. The van der Waals surface area contributed by atoms with Crippen LogP contribution in [0.5, 0.6) is 0 Å². The minimum Gasteiger partial charge on any atom is -0.368 e. The lowest BCUT2D eigenvalue weighted by molar-refractivity contribution is 0.0745. The average Bonchev–Trinajstić information content (AvgIpc) is 2.74. The van der Waals surface area contributed by atoms with Gasteiger partial charge in [0.25, 0.3) is 5.91 Å². The molecule has 0 bridgehead atoms. The molecule has 0 aliphatic rings. The van der Waals surface area contributed by atoms with Gasteiger partial charge < -0.3 is 10.2 Å². The summed E-state index contributed by atoms with van der Waals surface area (Å²) in [6.07, 6.45) is 0.537. The van der Waals surface area contributed by atoms with Gasteiger partial charge >= 0.3 is 0 Å². The van der Waals surface area contributed by atoms with E-state index in [1.807, 2.05) is 43.3 Å². The molecule has 1 aromatic heterocycles. The maximum absolute atomic E-state index is 13.6. The number of hydrogen-bond acceptors (Lipinski definition) is 4. The van der Waals surface area contributed by atoms with E-state index < -0.39 is 0 Å². The molecule has 28 heavy (non-hydrogen) atoms. The van der Waals surface area contributed by atoms with Gasteiger partial charge in [-0.2, -0.15) is 0 Å². The fourth-order valence-corrected chi connectivity index (χ4v) is 2.86. The number of carbonyl (C=O) groups is 1. The smallest absolute Gasteiger partial charge is 0.274 e. The Morgan fingerprint density at radius 2 is 1.75 bits per heavy atom. The number of halogens is 1. The maximum Gasteiger partial charge on any atom is 0.274 e. The number of carbonyl (C=O) groups excluding carboxylic acids is 1. The van der Waals surface area contributed by atoms with E-state index in [0.29, 0.717) is 43.1 Å². The van der Waals surface area contributed by atoms with Gasteiger partial charge in [-0.1, -0.05) is 48.5 Å². The summed E-state index contributed by atoms with van der Waals surface area (Å²) in [5.41, 5.74) is 2.02. The van der Waals surface area contributed by atoms with Crippen LogP contribution in [0.25, 0.3) is 0 Å². The summed E-state index contributed by atoms with van der Waals surface area (Å²) in [6, 6.07) is 19.9. The third-order valence-corrected chi connectivity index (χ3v) is 4.43. The SMILES string of the molecule is CCN(Cc1ccccc1)C(=O)c1ccc(NCCc2ccccc2F)nn1. The molecule has 0 unspecified atom stereocenters. The zero-order valence-electron chi connectivity index (χ0n) is 15.8. The van der Waals surface area contributed by atoms with Gasteiger partial charge in [0.2, 0.25) is 0 Å². The number of nitrogens with zero attached hydrogens (tertiary/aromatic N) is 3. The van der Waals surface area contributed by atoms with Crippen molar-refractivity contribution in [1.29, 1.82) is 0 Å². The van der Waals surface area contributed by atoms with E-state index >= 15 is 0 Å². The summed E-state index contributed by atoms with van der Waals surface area (Å²) in [6.45, 7) is 3.57. The predicted octanol–water partition coefficient (Wildman–Crippen LogP) is 3.93. The largest absolute Gasteiger partial charge is 0.368 e. The first-order valence-electron chi connectivity index (χ1n) is 9.31. The van der Waals surface area contributed by atoms with E-state index in [9.17, 15) is 9.18 Å². The van der Waals surface area contributed by atoms with Crippen molar-refractivity contribution in [1.82, 2.24) is 15.1 Å². The van der Waals surface area contributed by atoms with Crippen LogP contribution in [0.3, 0.4) is 0 Å². The summed E-state index contributed by atoms with van der Waals surface area (Å²) in [5, 5.41) is 11.2. The van der Waals surface area contributed by atoms with E-state index in [4.69, 9.17) is 0 Å². The van der Waals surface area contributed by atoms with Crippen molar-refractivity contribution in [3.63, 3.8) is 0 Å². The molecular formula is C22H23FN4O. The lowest BCUT2D eigenvalue weighted by Gasteiger charge is -2.20. The van der Waals surface area contributed by atoms with E-state index in [-0.39, 0.29) is 11.7 Å². The quantitative estimate of drug-likeness (QED) is 0.645. The third kappa shape index (κ3) is 5.13. The predicted molar refractivity (Wildman–Crippen MR) is 107 cm³/mol. The summed E-state index contributed by atoms with van der Waals surface area (Å²) in [5.74, 6) is 0.185. The monoisotopic (exact) mass is 378 g/mol. The normalized spacial score (nSPS) is 10.5. The van der Waals surface area contributed by atoms with Crippen LogP contribution in [-0.4, -0.2) is 34.1 Å². The Bertz CT molecular complexity index is 900. The number of nitrogens with one attached hydrogen (secondary N) is 1. The molecule has 0 spiro atoms. The number of hydrogen-bond donors (Lipinski definition) is 1. The van der Waals surface area contributed by atoms with Crippen LogP contribution in [-0.2, 0) is 13.0 Å². The van der Waals surface area contributed by atoms with Crippen molar-refractivity contribution in [3.8, 4) is 0 Å². The lowest BCUT2D eigenvalue weighted by atomic mass is 10.1. The zero-order valence-corrected chi connectivity index (χ0v) is 15.8. The highest BCUT2D eigenvalue weighted by Crippen LogP contribution is 2.11. The van der Waals surface area contributed by atoms with Crippen molar-refractivity contribution < 1.29 is 9.18 Å². The van der Waals surface area contributed by atoms with Gasteiger partial charge in [0.15, 0.2) is 5.69 Å². The second-order valence-electron chi connectivity index (χ2n) is 6.38. The second-order valence-corrected chi connectivity index (χ2v) is 6.38.